The van der Waals surface area contributed by atoms with Crippen molar-refractivity contribution >= 4 is 29.2 Å². The summed E-state index contributed by atoms with van der Waals surface area (Å²) in [6.45, 7) is 1.54. The quantitative estimate of drug-likeness (QED) is 0.521. The van der Waals surface area contributed by atoms with E-state index in [0.29, 0.717) is 16.7 Å². The van der Waals surface area contributed by atoms with Crippen molar-refractivity contribution in [1.82, 2.24) is 0 Å². The SMILES string of the molecule is Cc1cc(C(F)(F)F)ccc1Cl.O=C(O)c1cc(C(F)(F)F)ccc1Cl. The average Bonchev–Trinajstić information content (AvgIpc) is 2.48. The van der Waals surface area contributed by atoms with Crippen molar-refractivity contribution in [2.24, 2.45) is 0 Å². The van der Waals surface area contributed by atoms with Crippen molar-refractivity contribution < 1.29 is 36.2 Å². The van der Waals surface area contributed by atoms with Gasteiger partial charge in [0.15, 0.2) is 0 Å². The molecule has 2 aromatic carbocycles. The molecule has 0 atom stereocenters. The van der Waals surface area contributed by atoms with Crippen LogP contribution in [-0.2, 0) is 12.4 Å². The lowest BCUT2D eigenvalue weighted by atomic mass is 10.1. The van der Waals surface area contributed by atoms with Crippen LogP contribution in [0.25, 0.3) is 0 Å². The summed E-state index contributed by atoms with van der Waals surface area (Å²) in [6, 6.07) is 5.39. The van der Waals surface area contributed by atoms with Gasteiger partial charge in [-0.05, 0) is 48.9 Å². The number of benzene rings is 2. The van der Waals surface area contributed by atoms with Gasteiger partial charge in [-0.3, -0.25) is 0 Å². The first-order chi connectivity index (χ1) is 11.7. The number of rotatable bonds is 1. The number of alkyl halides is 6. The zero-order valence-corrected chi connectivity index (χ0v) is 14.4. The highest BCUT2D eigenvalue weighted by Gasteiger charge is 2.32. The van der Waals surface area contributed by atoms with Crippen molar-refractivity contribution in [3.63, 3.8) is 0 Å². The van der Waals surface area contributed by atoms with Gasteiger partial charge in [-0.1, -0.05) is 23.2 Å². The lowest BCUT2D eigenvalue weighted by Gasteiger charge is -2.07. The minimum absolute atomic E-state index is 0.217. The summed E-state index contributed by atoms with van der Waals surface area (Å²) in [6.07, 6.45) is -8.84. The third-order valence-corrected chi connectivity index (χ3v) is 3.76. The van der Waals surface area contributed by atoms with Gasteiger partial charge in [0.25, 0.3) is 0 Å². The minimum Gasteiger partial charge on any atom is -0.478 e. The van der Waals surface area contributed by atoms with Gasteiger partial charge in [-0.15, -0.1) is 0 Å². The minimum atomic E-state index is -4.56. The predicted molar refractivity (Wildman–Crippen MR) is 84.6 cm³/mol. The zero-order valence-electron chi connectivity index (χ0n) is 12.8. The van der Waals surface area contributed by atoms with Crippen LogP contribution in [0.5, 0.6) is 0 Å². The summed E-state index contributed by atoms with van der Waals surface area (Å²) in [5, 5.41) is 8.64. The Bertz CT molecular complexity index is 800. The van der Waals surface area contributed by atoms with Gasteiger partial charge in [0.2, 0.25) is 0 Å². The Balaban J connectivity index is 0.000000263. The van der Waals surface area contributed by atoms with Gasteiger partial charge in [0.1, 0.15) is 0 Å². The fraction of sp³-hybridized carbons (Fsp3) is 0.188. The Hall–Kier alpha value is -1.93. The summed E-state index contributed by atoms with van der Waals surface area (Å²) < 4.78 is 72.6. The molecule has 0 aliphatic rings. The summed E-state index contributed by atoms with van der Waals surface area (Å²) in [5.74, 6) is -1.49. The highest BCUT2D eigenvalue weighted by molar-refractivity contribution is 6.33. The Morgan fingerprint density at radius 1 is 0.846 bits per heavy atom. The monoisotopic (exact) mass is 418 g/mol. The van der Waals surface area contributed by atoms with E-state index in [9.17, 15) is 31.1 Å². The molecule has 2 nitrogen and oxygen atoms in total. The van der Waals surface area contributed by atoms with Crippen molar-refractivity contribution in [2.45, 2.75) is 19.3 Å². The molecule has 0 aromatic heterocycles. The van der Waals surface area contributed by atoms with Crippen LogP contribution in [0.15, 0.2) is 36.4 Å². The first-order valence-electron chi connectivity index (χ1n) is 6.67. The third kappa shape index (κ3) is 6.10. The lowest BCUT2D eigenvalue weighted by molar-refractivity contribution is -0.138. The van der Waals surface area contributed by atoms with E-state index in [0.717, 1.165) is 24.3 Å². The van der Waals surface area contributed by atoms with Gasteiger partial charge >= 0.3 is 18.3 Å². The maximum absolute atomic E-state index is 12.1. The fourth-order valence-electron chi connectivity index (χ4n) is 1.69. The van der Waals surface area contributed by atoms with Crippen LogP contribution in [0.2, 0.25) is 10.0 Å². The molecule has 142 valence electrons. The standard InChI is InChI=1S/C8H4ClF3O2.C8H6ClF3/c9-6-2-1-4(8(10,11)12)3-5(6)7(13)14;1-5-4-6(8(10,11)12)2-3-7(5)9/h1-3H,(H,13,14);2-4H,1H3. The van der Waals surface area contributed by atoms with E-state index in [1.807, 2.05) is 0 Å². The Kier molecular flexibility index (Phi) is 6.95. The maximum atomic E-state index is 12.1. The fourth-order valence-corrected chi connectivity index (χ4v) is 2.00. The van der Waals surface area contributed by atoms with Crippen molar-refractivity contribution in [1.29, 1.82) is 0 Å². The summed E-state index contributed by atoms with van der Waals surface area (Å²) in [7, 11) is 0. The number of carbonyl (C=O) groups is 1. The second-order valence-electron chi connectivity index (χ2n) is 4.96. The summed E-state index contributed by atoms with van der Waals surface area (Å²) in [4.78, 5) is 10.4. The molecule has 0 aliphatic carbocycles. The normalized spacial score (nSPS) is 11.6. The molecule has 0 amide bonds. The summed E-state index contributed by atoms with van der Waals surface area (Å²) in [5.41, 5.74) is -1.81. The van der Waals surface area contributed by atoms with E-state index in [1.165, 1.54) is 13.0 Å². The number of hydrogen-bond acceptors (Lipinski definition) is 1. The number of carboxylic acid groups (broad SMARTS) is 1. The van der Waals surface area contributed by atoms with Crippen LogP contribution in [0.4, 0.5) is 26.3 Å². The van der Waals surface area contributed by atoms with E-state index >= 15 is 0 Å². The van der Waals surface area contributed by atoms with Crippen molar-refractivity contribution in [3.05, 3.63) is 68.7 Å². The lowest BCUT2D eigenvalue weighted by Crippen LogP contribution is -2.07. The van der Waals surface area contributed by atoms with Gasteiger partial charge < -0.3 is 5.11 Å². The molecular formula is C16H10Cl2F6O2. The van der Waals surface area contributed by atoms with Gasteiger partial charge in [0, 0.05) is 5.02 Å². The smallest absolute Gasteiger partial charge is 0.416 e. The van der Waals surface area contributed by atoms with Crippen LogP contribution < -0.4 is 0 Å². The second kappa shape index (κ2) is 8.18. The zero-order chi connectivity index (χ0) is 20.3. The molecule has 0 aliphatic heterocycles. The molecule has 2 rings (SSSR count). The Morgan fingerprint density at radius 3 is 1.65 bits per heavy atom. The van der Waals surface area contributed by atoms with E-state index in [2.05, 4.69) is 0 Å². The molecule has 0 spiro atoms. The maximum Gasteiger partial charge on any atom is 0.416 e. The highest BCUT2D eigenvalue weighted by Crippen LogP contribution is 2.32. The number of hydrogen-bond donors (Lipinski definition) is 1. The van der Waals surface area contributed by atoms with E-state index in [-0.39, 0.29) is 5.02 Å². The van der Waals surface area contributed by atoms with Gasteiger partial charge in [-0.2, -0.15) is 26.3 Å². The van der Waals surface area contributed by atoms with E-state index < -0.39 is 35.0 Å². The molecule has 0 saturated heterocycles. The molecule has 10 heteroatoms. The molecular weight excluding hydrogens is 409 g/mol. The van der Waals surface area contributed by atoms with Gasteiger partial charge in [-0.25, -0.2) is 4.79 Å². The number of aromatic carboxylic acids is 1. The van der Waals surface area contributed by atoms with E-state index in [4.69, 9.17) is 28.3 Å². The molecule has 0 bridgehead atoms. The largest absolute Gasteiger partial charge is 0.478 e. The second-order valence-corrected chi connectivity index (χ2v) is 5.77. The number of halogens is 8. The highest BCUT2D eigenvalue weighted by atomic mass is 35.5. The molecule has 0 heterocycles. The van der Waals surface area contributed by atoms with Crippen molar-refractivity contribution in [2.75, 3.05) is 0 Å². The van der Waals surface area contributed by atoms with Crippen LogP contribution in [0.1, 0.15) is 27.0 Å². The molecule has 1 N–H and O–H groups in total. The van der Waals surface area contributed by atoms with Crippen LogP contribution >= 0.6 is 23.2 Å². The van der Waals surface area contributed by atoms with E-state index in [1.54, 1.807) is 0 Å². The molecule has 0 saturated carbocycles. The van der Waals surface area contributed by atoms with Crippen LogP contribution in [-0.4, -0.2) is 11.1 Å². The molecule has 0 fully saturated rings. The Morgan fingerprint density at radius 2 is 1.27 bits per heavy atom. The predicted octanol–water partition coefficient (Wildman–Crippen LogP) is 6.72. The molecule has 0 radical (unpaired) electrons. The number of carboxylic acids is 1. The number of aryl methyl sites for hydroxylation is 1. The first-order valence-corrected chi connectivity index (χ1v) is 7.42. The van der Waals surface area contributed by atoms with Crippen molar-refractivity contribution in [3.8, 4) is 0 Å². The topological polar surface area (TPSA) is 37.3 Å². The molecule has 0 unspecified atom stereocenters. The average molecular weight is 419 g/mol. The summed E-state index contributed by atoms with van der Waals surface area (Å²) >= 11 is 11.0. The first kappa shape index (κ1) is 22.1. The van der Waals surface area contributed by atoms with Crippen LogP contribution in [0.3, 0.4) is 0 Å². The van der Waals surface area contributed by atoms with Crippen LogP contribution in [0, 0.1) is 6.92 Å². The third-order valence-electron chi connectivity index (χ3n) is 3.01. The molecule has 2 aromatic rings. The Labute approximate surface area is 154 Å². The van der Waals surface area contributed by atoms with Gasteiger partial charge in [0.05, 0.1) is 21.7 Å². The molecule has 26 heavy (non-hydrogen) atoms.